The van der Waals surface area contributed by atoms with Gasteiger partial charge in [0.1, 0.15) is 17.3 Å². The molecule has 7 nitrogen and oxygen atoms in total. The number of amides is 1. The van der Waals surface area contributed by atoms with Crippen molar-refractivity contribution in [2.75, 3.05) is 18.0 Å². The topological polar surface area (TPSA) is 75.9 Å². The molecule has 10 heteroatoms. The van der Waals surface area contributed by atoms with E-state index < -0.39 is 17.5 Å². The van der Waals surface area contributed by atoms with Crippen molar-refractivity contribution in [1.82, 2.24) is 25.1 Å². The van der Waals surface area contributed by atoms with E-state index in [9.17, 15) is 18.0 Å². The maximum absolute atomic E-state index is 14.4. The first-order valence-corrected chi connectivity index (χ1v) is 10.3. The van der Waals surface area contributed by atoms with Gasteiger partial charge in [0.25, 0.3) is 0 Å². The SMILES string of the molecule is Cc1cnn(C)c1-c1nc(N2CCC(C(=O)NCc3cc(F)cc(F)c3)CC2)ncc1F. The number of benzene rings is 1. The second-order valence-corrected chi connectivity index (χ2v) is 7.92. The van der Waals surface area contributed by atoms with E-state index in [1.54, 1.807) is 17.9 Å². The molecule has 3 aromatic rings. The maximum atomic E-state index is 14.4. The molecule has 1 aliphatic heterocycles. The van der Waals surface area contributed by atoms with Crippen LogP contribution in [0.15, 0.2) is 30.6 Å². The molecule has 1 aromatic carbocycles. The first-order chi connectivity index (χ1) is 15.3. The normalized spacial score (nSPS) is 14.6. The highest BCUT2D eigenvalue weighted by Gasteiger charge is 2.27. The van der Waals surface area contributed by atoms with Gasteiger partial charge in [-0.25, -0.2) is 23.1 Å². The van der Waals surface area contributed by atoms with Crippen LogP contribution in [0.5, 0.6) is 0 Å². The zero-order valence-electron chi connectivity index (χ0n) is 17.8. The fourth-order valence-electron chi connectivity index (χ4n) is 3.95. The molecule has 32 heavy (non-hydrogen) atoms. The second-order valence-electron chi connectivity index (χ2n) is 7.92. The molecule has 1 fully saturated rings. The second kappa shape index (κ2) is 8.97. The summed E-state index contributed by atoms with van der Waals surface area (Å²) >= 11 is 0. The summed E-state index contributed by atoms with van der Waals surface area (Å²) in [5, 5.41) is 6.89. The number of anilines is 1. The number of aromatic nitrogens is 4. The summed E-state index contributed by atoms with van der Waals surface area (Å²) in [6, 6.07) is 3.18. The van der Waals surface area contributed by atoms with Crippen molar-refractivity contribution in [3.05, 3.63) is 59.2 Å². The zero-order valence-corrected chi connectivity index (χ0v) is 17.8. The Morgan fingerprint density at radius 3 is 2.44 bits per heavy atom. The summed E-state index contributed by atoms with van der Waals surface area (Å²) in [5.41, 5.74) is 1.96. The number of carbonyl (C=O) groups is 1. The maximum Gasteiger partial charge on any atom is 0.226 e. The molecule has 1 aliphatic rings. The first kappa shape index (κ1) is 21.8. The first-order valence-electron chi connectivity index (χ1n) is 10.3. The van der Waals surface area contributed by atoms with Gasteiger partial charge < -0.3 is 10.2 Å². The Labute approximate surface area is 183 Å². The van der Waals surface area contributed by atoms with Crippen molar-refractivity contribution in [1.29, 1.82) is 0 Å². The van der Waals surface area contributed by atoms with Crippen LogP contribution in [0.1, 0.15) is 24.0 Å². The number of piperidine rings is 1. The van der Waals surface area contributed by atoms with Crippen molar-refractivity contribution in [3.8, 4) is 11.4 Å². The lowest BCUT2D eigenvalue weighted by Gasteiger charge is -2.31. The van der Waals surface area contributed by atoms with Crippen LogP contribution in [0.4, 0.5) is 19.1 Å². The van der Waals surface area contributed by atoms with Crippen molar-refractivity contribution < 1.29 is 18.0 Å². The molecule has 1 amide bonds. The molecule has 3 heterocycles. The third kappa shape index (κ3) is 4.58. The van der Waals surface area contributed by atoms with E-state index >= 15 is 0 Å². The number of nitrogens with one attached hydrogen (secondary N) is 1. The minimum absolute atomic E-state index is 0.0578. The van der Waals surface area contributed by atoms with Crippen LogP contribution in [0, 0.1) is 30.3 Å². The third-order valence-electron chi connectivity index (χ3n) is 5.62. The van der Waals surface area contributed by atoms with Crippen molar-refractivity contribution in [2.45, 2.75) is 26.3 Å². The van der Waals surface area contributed by atoms with Gasteiger partial charge in [-0.05, 0) is 43.0 Å². The van der Waals surface area contributed by atoms with Crippen LogP contribution in [-0.2, 0) is 18.4 Å². The fourth-order valence-corrected chi connectivity index (χ4v) is 3.95. The monoisotopic (exact) mass is 444 g/mol. The third-order valence-corrected chi connectivity index (χ3v) is 5.62. The Bertz CT molecular complexity index is 1100. The van der Waals surface area contributed by atoms with Crippen molar-refractivity contribution in [3.63, 3.8) is 0 Å². The van der Waals surface area contributed by atoms with Crippen LogP contribution >= 0.6 is 0 Å². The average Bonchev–Trinajstić information content (AvgIpc) is 3.10. The molecular weight excluding hydrogens is 421 g/mol. The molecular formula is C22H23F3N6O. The summed E-state index contributed by atoms with van der Waals surface area (Å²) in [4.78, 5) is 23.0. The van der Waals surface area contributed by atoms with Gasteiger partial charge >= 0.3 is 0 Å². The number of carbonyl (C=O) groups excluding carboxylic acids is 1. The molecule has 0 saturated carbocycles. The summed E-state index contributed by atoms with van der Waals surface area (Å²) in [6.45, 7) is 2.96. The van der Waals surface area contributed by atoms with E-state index in [1.807, 2.05) is 11.8 Å². The molecule has 0 atom stereocenters. The number of hydrogen-bond acceptors (Lipinski definition) is 5. The summed E-state index contributed by atoms with van der Waals surface area (Å²) in [7, 11) is 1.73. The Hall–Kier alpha value is -3.43. The molecule has 4 rings (SSSR count). The van der Waals surface area contributed by atoms with Crippen molar-refractivity contribution >= 4 is 11.9 Å². The molecule has 0 radical (unpaired) electrons. The highest BCUT2D eigenvalue weighted by Crippen LogP contribution is 2.27. The molecule has 0 aliphatic carbocycles. The Kier molecular flexibility index (Phi) is 6.11. The van der Waals surface area contributed by atoms with Gasteiger partial charge in [-0.1, -0.05) is 0 Å². The Morgan fingerprint density at radius 2 is 1.81 bits per heavy atom. The van der Waals surface area contributed by atoms with Crippen LogP contribution < -0.4 is 10.2 Å². The summed E-state index contributed by atoms with van der Waals surface area (Å²) in [5.74, 6) is -1.88. The van der Waals surface area contributed by atoms with Gasteiger partial charge in [-0.2, -0.15) is 5.10 Å². The molecule has 0 bridgehead atoms. The van der Waals surface area contributed by atoms with Crippen LogP contribution in [0.25, 0.3) is 11.4 Å². The van der Waals surface area contributed by atoms with E-state index in [1.165, 1.54) is 12.1 Å². The number of nitrogens with zero attached hydrogens (tertiary/aromatic N) is 5. The van der Waals surface area contributed by atoms with E-state index in [0.29, 0.717) is 43.1 Å². The lowest BCUT2D eigenvalue weighted by Crippen LogP contribution is -2.41. The minimum atomic E-state index is -0.678. The molecule has 0 spiro atoms. The molecule has 0 unspecified atom stereocenters. The summed E-state index contributed by atoms with van der Waals surface area (Å²) < 4.78 is 42.6. The van der Waals surface area contributed by atoms with E-state index in [2.05, 4.69) is 20.4 Å². The molecule has 1 N–H and O–H groups in total. The number of rotatable bonds is 5. The lowest BCUT2D eigenvalue weighted by atomic mass is 9.96. The Balaban J connectivity index is 1.38. The summed E-state index contributed by atoms with van der Waals surface area (Å²) in [6.07, 6.45) is 3.92. The number of halogens is 3. The lowest BCUT2D eigenvalue weighted by molar-refractivity contribution is -0.125. The highest BCUT2D eigenvalue weighted by molar-refractivity contribution is 5.79. The Morgan fingerprint density at radius 1 is 1.12 bits per heavy atom. The number of aryl methyl sites for hydroxylation is 2. The molecule has 1 saturated heterocycles. The predicted molar refractivity (Wildman–Crippen MR) is 112 cm³/mol. The van der Waals surface area contributed by atoms with Crippen molar-refractivity contribution in [2.24, 2.45) is 13.0 Å². The minimum Gasteiger partial charge on any atom is -0.352 e. The average molecular weight is 444 g/mol. The van der Waals surface area contributed by atoms with E-state index in [0.717, 1.165) is 17.8 Å². The molecule has 168 valence electrons. The van der Waals surface area contributed by atoms with Gasteiger partial charge in [-0.3, -0.25) is 9.48 Å². The molecule has 2 aromatic heterocycles. The fraction of sp³-hybridized carbons (Fsp3) is 0.364. The van der Waals surface area contributed by atoms with Crippen LogP contribution in [-0.4, -0.2) is 38.7 Å². The largest absolute Gasteiger partial charge is 0.352 e. The van der Waals surface area contributed by atoms with Gasteiger partial charge in [0.05, 0.1) is 18.1 Å². The van der Waals surface area contributed by atoms with Crippen LogP contribution in [0.2, 0.25) is 0 Å². The predicted octanol–water partition coefficient (Wildman–Crippen LogP) is 3.14. The highest BCUT2D eigenvalue weighted by atomic mass is 19.1. The van der Waals surface area contributed by atoms with Gasteiger partial charge in [0, 0.05) is 38.7 Å². The number of hydrogen-bond donors (Lipinski definition) is 1. The van der Waals surface area contributed by atoms with Gasteiger partial charge in [0.2, 0.25) is 11.9 Å². The van der Waals surface area contributed by atoms with E-state index in [-0.39, 0.29) is 24.1 Å². The van der Waals surface area contributed by atoms with Crippen LogP contribution in [0.3, 0.4) is 0 Å². The quantitative estimate of drug-likeness (QED) is 0.655. The van der Waals surface area contributed by atoms with Gasteiger partial charge in [0.15, 0.2) is 5.82 Å². The van der Waals surface area contributed by atoms with Gasteiger partial charge in [-0.15, -0.1) is 0 Å². The smallest absolute Gasteiger partial charge is 0.226 e. The van der Waals surface area contributed by atoms with E-state index in [4.69, 9.17) is 0 Å². The standard InChI is InChI=1S/C22H23F3N6O/c1-13-10-28-30(2)20(13)19-18(25)12-27-22(29-19)31-5-3-15(4-6-31)21(32)26-11-14-7-16(23)9-17(24)8-14/h7-10,12,15H,3-6,11H2,1-2H3,(H,26,32). The zero-order chi connectivity index (χ0) is 22.8.